The first-order chi connectivity index (χ1) is 15.7. The Hall–Kier alpha value is -3.95. The summed E-state index contributed by atoms with van der Waals surface area (Å²) < 4.78 is 17.4. The lowest BCUT2D eigenvalue weighted by molar-refractivity contribution is 0.0706. The van der Waals surface area contributed by atoms with Crippen molar-refractivity contribution in [2.75, 3.05) is 12.3 Å². The number of aromatic hydroxyl groups is 1. The van der Waals surface area contributed by atoms with Crippen molar-refractivity contribution >= 4 is 22.9 Å². The quantitative estimate of drug-likeness (QED) is 0.486. The average molecular weight is 449 g/mol. The van der Waals surface area contributed by atoms with Gasteiger partial charge in [0.15, 0.2) is 11.5 Å². The third-order valence-corrected chi connectivity index (χ3v) is 6.38. The first-order valence-corrected chi connectivity index (χ1v) is 10.6. The number of carbonyl (C=O) groups excluding carboxylic acids is 1. The number of phenolic OH excluding ortho intramolecular Hbond substituents is 1. The minimum atomic E-state index is -0.444. The van der Waals surface area contributed by atoms with Crippen LogP contribution in [0, 0.1) is 33.5 Å². The predicted octanol–water partition coefficient (Wildman–Crippen LogP) is 2.93. The van der Waals surface area contributed by atoms with Crippen LogP contribution in [0.3, 0.4) is 0 Å². The highest BCUT2D eigenvalue weighted by Crippen LogP contribution is 2.36. The normalized spacial score (nSPS) is 13.5. The van der Waals surface area contributed by atoms with Crippen molar-refractivity contribution in [2.45, 2.75) is 40.8 Å². The molecule has 0 saturated heterocycles. The molecule has 0 aliphatic carbocycles. The van der Waals surface area contributed by atoms with Crippen LogP contribution >= 0.6 is 0 Å². The molecule has 3 aromatic heterocycles. The van der Waals surface area contributed by atoms with Crippen LogP contribution in [-0.2, 0) is 13.1 Å². The Kier molecular flexibility index (Phi) is 4.62. The van der Waals surface area contributed by atoms with Crippen molar-refractivity contribution in [1.82, 2.24) is 29.2 Å². The van der Waals surface area contributed by atoms with Crippen LogP contribution in [0.5, 0.6) is 5.75 Å². The number of hydrogen-bond acceptors (Lipinski definition) is 6. The highest BCUT2D eigenvalue weighted by atomic mass is 19.1. The Bertz CT molecular complexity index is 1450. The number of aryl methyl sites for hydroxylation is 3. The average Bonchev–Trinajstić information content (AvgIpc) is 3.28. The van der Waals surface area contributed by atoms with E-state index in [2.05, 4.69) is 10.1 Å². The Balaban J connectivity index is 1.74. The fraction of sp³-hybridized carbons (Fsp3) is 0.304. The van der Waals surface area contributed by atoms with E-state index in [0.717, 1.165) is 11.8 Å². The molecule has 4 aromatic rings. The zero-order chi connectivity index (χ0) is 23.6. The molecule has 1 aliphatic heterocycles. The van der Waals surface area contributed by atoms with Gasteiger partial charge in [0.25, 0.3) is 5.91 Å². The molecule has 1 amide bonds. The smallest absolute Gasteiger partial charge is 0.260 e. The number of nitrogens with two attached hydrogens (primary N) is 1. The molecular formula is C23H24FN7O2. The minimum absolute atomic E-state index is 0.0826. The molecular weight excluding hydrogens is 425 g/mol. The second-order valence-electron chi connectivity index (χ2n) is 8.43. The largest absolute Gasteiger partial charge is 0.508 e. The predicted molar refractivity (Wildman–Crippen MR) is 121 cm³/mol. The van der Waals surface area contributed by atoms with Crippen molar-refractivity contribution in [3.63, 3.8) is 0 Å². The van der Waals surface area contributed by atoms with E-state index in [9.17, 15) is 14.3 Å². The zero-order valence-electron chi connectivity index (χ0n) is 18.8. The number of anilines is 1. The van der Waals surface area contributed by atoms with Gasteiger partial charge < -0.3 is 15.7 Å². The van der Waals surface area contributed by atoms with Crippen LogP contribution in [0.25, 0.3) is 16.9 Å². The van der Waals surface area contributed by atoms with Gasteiger partial charge in [0.2, 0.25) is 0 Å². The maximum atomic E-state index is 14.2. The van der Waals surface area contributed by atoms with Gasteiger partial charge >= 0.3 is 0 Å². The maximum Gasteiger partial charge on any atom is 0.260 e. The van der Waals surface area contributed by atoms with Gasteiger partial charge in [-0.1, -0.05) is 6.07 Å². The van der Waals surface area contributed by atoms with Crippen molar-refractivity contribution in [1.29, 1.82) is 0 Å². The Morgan fingerprint density at radius 2 is 1.85 bits per heavy atom. The van der Waals surface area contributed by atoms with Crippen LogP contribution < -0.4 is 5.73 Å². The third-order valence-electron chi connectivity index (χ3n) is 6.38. The van der Waals surface area contributed by atoms with Crippen LogP contribution in [0.2, 0.25) is 0 Å². The molecule has 5 rings (SSSR count). The number of hydrogen-bond donors (Lipinski definition) is 2. The molecule has 1 aromatic carbocycles. The van der Waals surface area contributed by atoms with Crippen molar-refractivity contribution < 1.29 is 14.3 Å². The number of halogens is 1. The lowest BCUT2D eigenvalue weighted by Crippen LogP contribution is -2.39. The summed E-state index contributed by atoms with van der Waals surface area (Å²) in [5, 5.41) is 14.4. The van der Waals surface area contributed by atoms with Gasteiger partial charge in [0.05, 0.1) is 42.1 Å². The van der Waals surface area contributed by atoms with Crippen LogP contribution in [0.1, 0.15) is 38.6 Å². The molecule has 170 valence electrons. The van der Waals surface area contributed by atoms with Gasteiger partial charge in [0.1, 0.15) is 22.6 Å². The molecule has 0 radical (unpaired) electrons. The number of fused-ring (bicyclic) bond motifs is 2. The summed E-state index contributed by atoms with van der Waals surface area (Å²) in [7, 11) is 0. The first kappa shape index (κ1) is 20.9. The van der Waals surface area contributed by atoms with Crippen molar-refractivity contribution in [3.05, 3.63) is 57.9 Å². The maximum absolute atomic E-state index is 14.2. The summed E-state index contributed by atoms with van der Waals surface area (Å²) in [5.74, 6) is -0.506. The molecule has 0 fully saturated rings. The molecule has 1 aliphatic rings. The monoisotopic (exact) mass is 449 g/mol. The molecule has 9 nitrogen and oxygen atoms in total. The van der Waals surface area contributed by atoms with Gasteiger partial charge in [-0.25, -0.2) is 14.4 Å². The summed E-state index contributed by atoms with van der Waals surface area (Å²) in [4.78, 5) is 24.6. The third kappa shape index (κ3) is 3.05. The minimum Gasteiger partial charge on any atom is -0.508 e. The van der Waals surface area contributed by atoms with E-state index in [1.54, 1.807) is 33.2 Å². The summed E-state index contributed by atoms with van der Waals surface area (Å²) in [6.45, 7) is 8.18. The number of benzene rings is 1. The highest BCUT2D eigenvalue weighted by molar-refractivity contribution is 6.10. The van der Waals surface area contributed by atoms with E-state index in [-0.39, 0.29) is 29.6 Å². The summed E-state index contributed by atoms with van der Waals surface area (Å²) in [5.41, 5.74) is 11.5. The van der Waals surface area contributed by atoms with Crippen LogP contribution in [-0.4, -0.2) is 46.8 Å². The molecule has 4 heterocycles. The van der Waals surface area contributed by atoms with E-state index in [0.29, 0.717) is 52.6 Å². The SMILES string of the molecule is Cc1ccc(O)c(C)c1-n1c(N)c(C(=O)N2CCn3ncc(F)c3C2)c2nc(C)c(C)nc21. The second kappa shape index (κ2) is 7.29. The second-order valence-corrected chi connectivity index (χ2v) is 8.43. The van der Waals surface area contributed by atoms with Gasteiger partial charge in [0, 0.05) is 12.1 Å². The van der Waals surface area contributed by atoms with Gasteiger partial charge in [-0.2, -0.15) is 5.10 Å². The molecule has 0 bridgehead atoms. The molecule has 0 saturated carbocycles. The van der Waals surface area contributed by atoms with Crippen molar-refractivity contribution in [3.8, 4) is 11.4 Å². The molecule has 3 N–H and O–H groups in total. The topological polar surface area (TPSA) is 115 Å². The van der Waals surface area contributed by atoms with E-state index in [1.165, 1.54) is 0 Å². The summed E-state index contributed by atoms with van der Waals surface area (Å²) in [6.07, 6.45) is 1.16. The van der Waals surface area contributed by atoms with E-state index in [4.69, 9.17) is 10.7 Å². The van der Waals surface area contributed by atoms with Crippen molar-refractivity contribution in [2.24, 2.45) is 0 Å². The Morgan fingerprint density at radius 1 is 1.12 bits per heavy atom. The van der Waals surface area contributed by atoms with Crippen LogP contribution in [0.4, 0.5) is 10.2 Å². The molecule has 0 atom stereocenters. The first-order valence-electron chi connectivity index (χ1n) is 10.6. The standard InChI is InChI=1S/C23H24FN7O2/c1-11-5-6-17(32)12(2)20(11)31-21(25)18(19-22(31)28-14(4)13(3)27-19)23(33)29-7-8-30-16(10-29)15(24)9-26-30/h5-6,9,32H,7-8,10,25H2,1-4H3. The fourth-order valence-electron chi connectivity index (χ4n) is 4.41. The molecule has 0 unspecified atom stereocenters. The Morgan fingerprint density at radius 3 is 2.61 bits per heavy atom. The summed E-state index contributed by atoms with van der Waals surface area (Å²) in [6, 6.07) is 3.40. The lowest BCUT2D eigenvalue weighted by Gasteiger charge is -2.27. The number of nitrogen functional groups attached to an aromatic ring is 1. The zero-order valence-corrected chi connectivity index (χ0v) is 18.8. The van der Waals surface area contributed by atoms with E-state index < -0.39 is 5.82 Å². The number of phenols is 1. The number of aromatic nitrogens is 5. The molecule has 33 heavy (non-hydrogen) atoms. The van der Waals surface area contributed by atoms with E-state index >= 15 is 0 Å². The number of carbonyl (C=O) groups is 1. The molecule has 10 heteroatoms. The summed E-state index contributed by atoms with van der Waals surface area (Å²) >= 11 is 0. The highest BCUT2D eigenvalue weighted by Gasteiger charge is 2.32. The van der Waals surface area contributed by atoms with Crippen LogP contribution in [0.15, 0.2) is 18.3 Å². The lowest BCUT2D eigenvalue weighted by atomic mass is 10.1. The van der Waals surface area contributed by atoms with Gasteiger partial charge in [-0.05, 0) is 39.3 Å². The number of rotatable bonds is 2. The number of nitrogens with zero attached hydrogens (tertiary/aromatic N) is 6. The number of amides is 1. The molecule has 0 spiro atoms. The fourth-order valence-corrected chi connectivity index (χ4v) is 4.41. The Labute approximate surface area is 189 Å². The van der Waals surface area contributed by atoms with Gasteiger partial charge in [-0.15, -0.1) is 0 Å². The van der Waals surface area contributed by atoms with E-state index in [1.807, 2.05) is 20.8 Å². The van der Waals surface area contributed by atoms with Gasteiger partial charge in [-0.3, -0.25) is 14.0 Å².